The first-order valence-corrected chi connectivity index (χ1v) is 8.19. The molecule has 0 aliphatic carbocycles. The lowest BCUT2D eigenvalue weighted by molar-refractivity contribution is -0.139. The molecule has 1 unspecified atom stereocenters. The maximum absolute atomic E-state index is 12.3. The van der Waals surface area contributed by atoms with E-state index in [0.29, 0.717) is 23.8 Å². The van der Waals surface area contributed by atoms with Crippen LogP contribution >= 0.6 is 11.3 Å². The molecule has 2 heterocycles. The number of carbonyl (C=O) groups is 2. The van der Waals surface area contributed by atoms with Gasteiger partial charge in [0, 0.05) is 18.9 Å². The second kappa shape index (κ2) is 6.98. The fourth-order valence-corrected chi connectivity index (χ4v) is 3.23. The predicted octanol–water partition coefficient (Wildman–Crippen LogP) is 1.78. The van der Waals surface area contributed by atoms with Gasteiger partial charge in [0.05, 0.1) is 13.2 Å². The summed E-state index contributed by atoms with van der Waals surface area (Å²) in [7, 11) is 1.54. The third-order valence-electron chi connectivity index (χ3n) is 3.62. The summed E-state index contributed by atoms with van der Waals surface area (Å²) in [5.41, 5.74) is 1.64. The molecule has 2 N–H and O–H groups in total. The molecule has 0 fully saturated rings. The molecule has 2 aromatic rings. The Hall–Kier alpha value is -2.45. The first kappa shape index (κ1) is 16.4. The van der Waals surface area contributed by atoms with Crippen molar-refractivity contribution >= 4 is 23.2 Å². The second-order valence-corrected chi connectivity index (χ2v) is 6.21. The largest absolute Gasteiger partial charge is 0.493 e. The van der Waals surface area contributed by atoms with Gasteiger partial charge < -0.3 is 19.9 Å². The van der Waals surface area contributed by atoms with E-state index in [1.807, 2.05) is 0 Å². The zero-order chi connectivity index (χ0) is 17.1. The highest BCUT2D eigenvalue weighted by atomic mass is 32.1. The number of aromatic nitrogens is 1. The number of methoxy groups -OCH3 is 1. The van der Waals surface area contributed by atoms with Crippen LogP contribution in [0.3, 0.4) is 0 Å². The van der Waals surface area contributed by atoms with Gasteiger partial charge in [-0.3, -0.25) is 4.79 Å². The fourth-order valence-electron chi connectivity index (χ4n) is 2.48. The first-order chi connectivity index (χ1) is 11.6. The van der Waals surface area contributed by atoms with Crippen molar-refractivity contribution in [3.8, 4) is 5.75 Å². The van der Waals surface area contributed by atoms with E-state index in [-0.39, 0.29) is 5.69 Å². The van der Waals surface area contributed by atoms with Crippen LogP contribution in [0, 0.1) is 0 Å². The van der Waals surface area contributed by atoms with Crippen molar-refractivity contribution in [2.75, 3.05) is 13.7 Å². The summed E-state index contributed by atoms with van der Waals surface area (Å²) in [6.45, 7) is 0.898. The molecule has 1 aliphatic heterocycles. The summed E-state index contributed by atoms with van der Waals surface area (Å²) in [6.07, 6.45) is 0.732. The van der Waals surface area contributed by atoms with Gasteiger partial charge in [0.25, 0.3) is 5.91 Å². The van der Waals surface area contributed by atoms with E-state index in [1.165, 1.54) is 11.3 Å². The predicted molar refractivity (Wildman–Crippen MR) is 86.3 cm³/mol. The van der Waals surface area contributed by atoms with Gasteiger partial charge >= 0.3 is 5.97 Å². The van der Waals surface area contributed by atoms with Gasteiger partial charge in [-0.2, -0.15) is 0 Å². The van der Waals surface area contributed by atoms with Crippen LogP contribution in [-0.2, 0) is 22.6 Å². The van der Waals surface area contributed by atoms with Crippen molar-refractivity contribution in [3.63, 3.8) is 0 Å². The second-order valence-electron chi connectivity index (χ2n) is 5.27. The van der Waals surface area contributed by atoms with Crippen molar-refractivity contribution in [3.05, 3.63) is 45.4 Å². The van der Waals surface area contributed by atoms with E-state index in [2.05, 4.69) is 10.3 Å². The van der Waals surface area contributed by atoms with E-state index in [0.717, 1.165) is 17.7 Å². The monoisotopic (exact) mass is 348 g/mol. The maximum Gasteiger partial charge on any atom is 0.330 e. The van der Waals surface area contributed by atoms with Crippen LogP contribution in [0.1, 0.15) is 32.7 Å². The van der Waals surface area contributed by atoms with Crippen molar-refractivity contribution in [1.82, 2.24) is 10.3 Å². The van der Waals surface area contributed by atoms with Crippen LogP contribution in [0.15, 0.2) is 23.6 Å². The van der Waals surface area contributed by atoms with Gasteiger partial charge in [-0.25, -0.2) is 9.78 Å². The lowest BCUT2D eigenvalue weighted by Gasteiger charge is -2.15. The van der Waals surface area contributed by atoms with E-state index in [9.17, 15) is 14.7 Å². The van der Waals surface area contributed by atoms with Gasteiger partial charge in [-0.15, -0.1) is 11.3 Å². The van der Waals surface area contributed by atoms with Crippen LogP contribution in [0.4, 0.5) is 0 Å². The molecule has 1 aromatic heterocycles. The Labute approximate surface area is 142 Å². The molecular weight excluding hydrogens is 332 g/mol. The Morgan fingerprint density at radius 1 is 1.50 bits per heavy atom. The summed E-state index contributed by atoms with van der Waals surface area (Å²) < 4.78 is 10.4. The summed E-state index contributed by atoms with van der Waals surface area (Å²) in [6, 6.07) is 4.01. The van der Waals surface area contributed by atoms with Crippen LogP contribution in [0.5, 0.6) is 5.75 Å². The Kier molecular flexibility index (Phi) is 4.77. The number of rotatable bonds is 6. The zero-order valence-electron chi connectivity index (χ0n) is 12.9. The highest BCUT2D eigenvalue weighted by Gasteiger charge is 2.25. The number of hydrogen-bond acceptors (Lipinski definition) is 6. The number of carbonyl (C=O) groups excluding carboxylic acids is 1. The number of fused-ring (bicyclic) bond motifs is 1. The molecule has 1 aliphatic rings. The molecule has 0 bridgehead atoms. The highest BCUT2D eigenvalue weighted by molar-refractivity contribution is 7.09. The first-order valence-electron chi connectivity index (χ1n) is 7.31. The normalized spacial score (nSPS) is 13.9. The van der Waals surface area contributed by atoms with E-state index in [1.54, 1.807) is 30.7 Å². The average Bonchev–Trinajstić information content (AvgIpc) is 3.20. The van der Waals surface area contributed by atoms with Gasteiger partial charge in [0.15, 0.2) is 6.04 Å². The molecule has 7 nitrogen and oxygen atoms in total. The minimum atomic E-state index is -1.14. The molecule has 126 valence electrons. The number of hydrogen-bond donors (Lipinski definition) is 2. The topological polar surface area (TPSA) is 97.8 Å². The molecule has 0 saturated heterocycles. The number of carboxylic acids is 1. The highest BCUT2D eigenvalue weighted by Crippen LogP contribution is 2.28. The average molecular weight is 348 g/mol. The molecule has 0 spiro atoms. The van der Waals surface area contributed by atoms with Crippen LogP contribution in [0.2, 0.25) is 0 Å². The lowest BCUT2D eigenvalue weighted by atomic mass is 10.0. The third-order valence-corrected chi connectivity index (χ3v) is 4.44. The number of nitrogens with zero attached hydrogens (tertiary/aromatic N) is 1. The molecule has 8 heteroatoms. The summed E-state index contributed by atoms with van der Waals surface area (Å²) >= 11 is 1.29. The number of carboxylic acid groups (broad SMARTS) is 1. The summed E-state index contributed by atoms with van der Waals surface area (Å²) in [5, 5.41) is 14.2. The zero-order valence-corrected chi connectivity index (χ0v) is 13.8. The summed E-state index contributed by atoms with van der Waals surface area (Å²) in [4.78, 5) is 28.0. The Morgan fingerprint density at radius 2 is 2.33 bits per heavy atom. The number of aliphatic carboxylic acids is 1. The van der Waals surface area contributed by atoms with Crippen molar-refractivity contribution in [2.45, 2.75) is 19.1 Å². The van der Waals surface area contributed by atoms with Crippen molar-refractivity contribution < 1.29 is 24.2 Å². The SMILES string of the molecule is COCc1nc(C(=O)NC(C(=O)O)c2ccc3c(c2)CCO3)cs1. The number of amides is 1. The minimum absolute atomic E-state index is 0.183. The minimum Gasteiger partial charge on any atom is -0.493 e. The molecular formula is C16H16N2O5S. The van der Waals surface area contributed by atoms with E-state index < -0.39 is 17.9 Å². The Bertz CT molecular complexity index is 774. The molecule has 3 rings (SSSR count). The molecule has 1 aromatic carbocycles. The molecule has 0 radical (unpaired) electrons. The smallest absolute Gasteiger partial charge is 0.330 e. The molecule has 24 heavy (non-hydrogen) atoms. The van der Waals surface area contributed by atoms with E-state index >= 15 is 0 Å². The Morgan fingerprint density at radius 3 is 3.08 bits per heavy atom. The Balaban J connectivity index is 1.78. The fraction of sp³-hybridized carbons (Fsp3) is 0.312. The van der Waals surface area contributed by atoms with Crippen LogP contribution in [-0.4, -0.2) is 35.7 Å². The lowest BCUT2D eigenvalue weighted by Crippen LogP contribution is -2.34. The standard InChI is InChI=1S/C16H16N2O5S/c1-22-7-13-17-11(8-24-13)15(19)18-14(16(20)21)10-2-3-12-9(6-10)4-5-23-12/h2-3,6,8,14H,4-5,7H2,1H3,(H,18,19)(H,20,21). The van der Waals surface area contributed by atoms with Crippen LogP contribution < -0.4 is 10.1 Å². The van der Waals surface area contributed by atoms with Crippen molar-refractivity contribution in [1.29, 1.82) is 0 Å². The number of thiazole rings is 1. The maximum atomic E-state index is 12.3. The molecule has 0 saturated carbocycles. The van der Waals surface area contributed by atoms with Crippen LogP contribution in [0.25, 0.3) is 0 Å². The molecule has 1 amide bonds. The number of nitrogens with one attached hydrogen (secondary N) is 1. The van der Waals surface area contributed by atoms with Gasteiger partial charge in [0.1, 0.15) is 16.5 Å². The number of benzene rings is 1. The third kappa shape index (κ3) is 3.39. The van der Waals surface area contributed by atoms with Crippen molar-refractivity contribution in [2.24, 2.45) is 0 Å². The van der Waals surface area contributed by atoms with Gasteiger partial charge in [-0.1, -0.05) is 6.07 Å². The van der Waals surface area contributed by atoms with Gasteiger partial charge in [0.2, 0.25) is 0 Å². The molecule has 1 atom stereocenters. The number of ether oxygens (including phenoxy) is 2. The summed E-state index contributed by atoms with van der Waals surface area (Å²) in [5.74, 6) is -0.898. The van der Waals surface area contributed by atoms with Gasteiger partial charge in [-0.05, 0) is 23.3 Å². The quantitative estimate of drug-likeness (QED) is 0.826. The van der Waals surface area contributed by atoms with E-state index in [4.69, 9.17) is 9.47 Å².